The predicted molar refractivity (Wildman–Crippen MR) is 139 cm³/mol. The van der Waals surface area contributed by atoms with Gasteiger partial charge in [-0.25, -0.2) is 4.39 Å². The van der Waals surface area contributed by atoms with Gasteiger partial charge in [0, 0.05) is 30.1 Å². The summed E-state index contributed by atoms with van der Waals surface area (Å²) in [6.07, 6.45) is -2.47. The van der Waals surface area contributed by atoms with Gasteiger partial charge in [-0.2, -0.15) is 0 Å². The van der Waals surface area contributed by atoms with Crippen LogP contribution in [0, 0.1) is 5.82 Å². The Hall–Kier alpha value is -3.68. The normalized spacial score (nSPS) is 17.0. The van der Waals surface area contributed by atoms with Gasteiger partial charge in [-0.1, -0.05) is 23.4 Å². The molecule has 1 aliphatic carbocycles. The highest BCUT2D eigenvalue weighted by Gasteiger charge is 2.36. The van der Waals surface area contributed by atoms with E-state index in [-0.39, 0.29) is 42.1 Å². The van der Waals surface area contributed by atoms with E-state index in [2.05, 4.69) is 25.5 Å². The van der Waals surface area contributed by atoms with Crippen LogP contribution in [0.25, 0.3) is 11.3 Å². The highest BCUT2D eigenvalue weighted by Crippen LogP contribution is 2.46. The summed E-state index contributed by atoms with van der Waals surface area (Å²) in [5, 5.41) is 7.01. The summed E-state index contributed by atoms with van der Waals surface area (Å²) in [5.74, 6) is 0.0413. The molecule has 1 aromatic heterocycles. The van der Waals surface area contributed by atoms with E-state index in [1.54, 1.807) is 25.2 Å². The van der Waals surface area contributed by atoms with Gasteiger partial charge in [-0.05, 0) is 62.6 Å². The van der Waals surface area contributed by atoms with Gasteiger partial charge in [-0.3, -0.25) is 10.1 Å². The summed E-state index contributed by atoms with van der Waals surface area (Å²) in [7, 11) is 1.65. The Kier molecular flexibility index (Phi) is 8.76. The average molecular weight is 579 g/mol. The molecule has 0 bridgehead atoms. The van der Waals surface area contributed by atoms with Crippen molar-refractivity contribution in [2.45, 2.75) is 56.8 Å². The van der Waals surface area contributed by atoms with Gasteiger partial charge in [0.25, 0.3) is 0 Å². The lowest BCUT2D eigenvalue weighted by atomic mass is 10.0. The Morgan fingerprint density at radius 2 is 1.90 bits per heavy atom. The SMILES string of the molecule is CNC(NOC=O)c1ccc(N2CCC(OCc3c(-c4ccccc4OC(F)(F)F)noc3C3CC3)CC2)c(F)c1. The van der Waals surface area contributed by atoms with Crippen molar-refractivity contribution in [3.63, 3.8) is 0 Å². The maximum Gasteiger partial charge on any atom is 0.573 e. The van der Waals surface area contributed by atoms with Gasteiger partial charge in [0.05, 0.1) is 18.4 Å². The number of alkyl halides is 3. The smallest absolute Gasteiger partial charge is 0.405 e. The number of rotatable bonds is 12. The molecule has 2 N–H and O–H groups in total. The Balaban J connectivity index is 1.24. The third-order valence-corrected chi connectivity index (χ3v) is 7.21. The number of halogens is 4. The minimum atomic E-state index is -4.85. The first-order valence-corrected chi connectivity index (χ1v) is 13.3. The van der Waals surface area contributed by atoms with Crippen molar-refractivity contribution in [2.75, 3.05) is 25.0 Å². The van der Waals surface area contributed by atoms with E-state index in [9.17, 15) is 18.0 Å². The van der Waals surface area contributed by atoms with Crippen molar-refractivity contribution in [1.29, 1.82) is 0 Å². The van der Waals surface area contributed by atoms with Crippen molar-refractivity contribution >= 4 is 12.2 Å². The molecule has 2 fully saturated rings. The van der Waals surface area contributed by atoms with E-state index in [1.165, 1.54) is 24.3 Å². The predicted octanol–water partition coefficient (Wildman–Crippen LogP) is 5.34. The number of ether oxygens (including phenoxy) is 2. The quantitative estimate of drug-likeness (QED) is 0.128. The van der Waals surface area contributed by atoms with E-state index in [0.717, 1.165) is 12.8 Å². The second-order valence-electron chi connectivity index (χ2n) is 9.95. The van der Waals surface area contributed by atoms with Gasteiger partial charge in [-0.15, -0.1) is 18.7 Å². The molecule has 13 heteroatoms. The second kappa shape index (κ2) is 12.5. The van der Waals surface area contributed by atoms with Gasteiger partial charge in [0.2, 0.25) is 0 Å². The Morgan fingerprint density at radius 3 is 2.56 bits per heavy atom. The van der Waals surface area contributed by atoms with E-state index in [0.29, 0.717) is 48.5 Å². The Morgan fingerprint density at radius 1 is 1.15 bits per heavy atom. The number of anilines is 1. The number of carbonyl (C=O) groups is 1. The molecule has 0 amide bonds. The van der Waals surface area contributed by atoms with Crippen molar-refractivity contribution in [3.8, 4) is 17.0 Å². The summed E-state index contributed by atoms with van der Waals surface area (Å²) < 4.78 is 70.2. The molecular weight excluding hydrogens is 548 g/mol. The number of para-hydroxylation sites is 1. The van der Waals surface area contributed by atoms with Gasteiger partial charge < -0.3 is 23.7 Å². The number of nitrogens with one attached hydrogen (secondary N) is 2. The largest absolute Gasteiger partial charge is 0.573 e. The second-order valence-corrected chi connectivity index (χ2v) is 9.95. The number of carbonyl (C=O) groups excluding carboxylic acids is 1. The Labute approximate surface area is 233 Å². The molecule has 220 valence electrons. The highest BCUT2D eigenvalue weighted by molar-refractivity contribution is 5.70. The molecule has 0 radical (unpaired) electrons. The maximum absolute atomic E-state index is 15.0. The third-order valence-electron chi connectivity index (χ3n) is 7.21. The van der Waals surface area contributed by atoms with Crippen molar-refractivity contribution in [3.05, 3.63) is 65.2 Å². The first kappa shape index (κ1) is 28.8. The number of benzene rings is 2. The zero-order valence-corrected chi connectivity index (χ0v) is 22.2. The summed E-state index contributed by atoms with van der Waals surface area (Å²) in [6.45, 7) is 1.48. The molecular formula is C28H30F4N4O5. The van der Waals surface area contributed by atoms with Crippen molar-refractivity contribution in [2.24, 2.45) is 0 Å². The zero-order valence-electron chi connectivity index (χ0n) is 22.2. The van der Waals surface area contributed by atoms with Crippen LogP contribution in [0.15, 0.2) is 47.0 Å². The topological polar surface area (TPSA) is 98.1 Å². The number of hydrogen-bond donors (Lipinski definition) is 2. The summed E-state index contributed by atoms with van der Waals surface area (Å²) in [6, 6.07) is 10.7. The fraction of sp³-hybridized carbons (Fsp3) is 0.429. The first-order valence-electron chi connectivity index (χ1n) is 13.3. The van der Waals surface area contributed by atoms with E-state index >= 15 is 4.39 Å². The molecule has 1 unspecified atom stereocenters. The average Bonchev–Trinajstić information content (AvgIpc) is 3.71. The summed E-state index contributed by atoms with van der Waals surface area (Å²) in [5.41, 5.74) is 4.59. The van der Waals surface area contributed by atoms with E-state index in [1.807, 2.05) is 4.90 Å². The fourth-order valence-corrected chi connectivity index (χ4v) is 5.03. The van der Waals surface area contributed by atoms with Crippen LogP contribution in [0.3, 0.4) is 0 Å². The number of piperidine rings is 1. The molecule has 1 saturated heterocycles. The monoisotopic (exact) mass is 578 g/mol. The molecule has 1 atom stereocenters. The van der Waals surface area contributed by atoms with Crippen molar-refractivity contribution < 1.29 is 41.2 Å². The molecule has 5 rings (SSSR count). The number of hydroxylamine groups is 1. The van der Waals surface area contributed by atoms with Crippen LogP contribution in [0.2, 0.25) is 0 Å². The van der Waals surface area contributed by atoms with Gasteiger partial charge >= 0.3 is 12.8 Å². The van der Waals surface area contributed by atoms with Crippen LogP contribution in [0.4, 0.5) is 23.2 Å². The lowest BCUT2D eigenvalue weighted by Gasteiger charge is -2.34. The van der Waals surface area contributed by atoms with Crippen LogP contribution in [-0.4, -0.2) is 44.2 Å². The number of aromatic nitrogens is 1. The fourth-order valence-electron chi connectivity index (χ4n) is 5.03. The molecule has 1 aliphatic heterocycles. The van der Waals surface area contributed by atoms with Crippen LogP contribution in [-0.2, 0) is 21.0 Å². The standard InChI is InChI=1S/C28H30F4N4O5/c1-33-27(35-39-16-37)18-8-9-23(22(29)14-18)36-12-10-19(11-13-36)38-15-21-25(34-41-26(21)17-6-7-17)20-4-2-3-5-24(20)40-28(30,31)32/h2-5,8-9,14,16-17,19,27,33,35H,6-7,10-13,15H2,1H3. The number of nitrogens with zero attached hydrogens (tertiary/aromatic N) is 2. The van der Waals surface area contributed by atoms with Crippen LogP contribution in [0.5, 0.6) is 5.75 Å². The van der Waals surface area contributed by atoms with E-state index in [4.69, 9.17) is 9.26 Å². The van der Waals surface area contributed by atoms with Crippen LogP contribution in [0.1, 0.15) is 54.7 Å². The third kappa shape index (κ3) is 6.97. The maximum atomic E-state index is 15.0. The highest BCUT2D eigenvalue weighted by atomic mass is 19.4. The van der Waals surface area contributed by atoms with E-state index < -0.39 is 18.3 Å². The molecule has 2 aromatic carbocycles. The number of hydrogen-bond acceptors (Lipinski definition) is 9. The first-order chi connectivity index (χ1) is 19.8. The molecule has 41 heavy (non-hydrogen) atoms. The van der Waals surface area contributed by atoms with Crippen molar-refractivity contribution in [1.82, 2.24) is 16.0 Å². The van der Waals surface area contributed by atoms with Gasteiger partial charge in [0.15, 0.2) is 0 Å². The Bertz CT molecular complexity index is 1340. The lowest BCUT2D eigenvalue weighted by Crippen LogP contribution is -2.37. The summed E-state index contributed by atoms with van der Waals surface area (Å²) >= 11 is 0. The molecule has 3 aromatic rings. The molecule has 0 spiro atoms. The van der Waals surface area contributed by atoms with Gasteiger partial charge in [0.1, 0.15) is 29.2 Å². The molecule has 2 aliphatic rings. The molecule has 9 nitrogen and oxygen atoms in total. The molecule has 2 heterocycles. The molecule has 1 saturated carbocycles. The lowest BCUT2D eigenvalue weighted by molar-refractivity contribution is -0.274. The minimum absolute atomic E-state index is 0.125. The summed E-state index contributed by atoms with van der Waals surface area (Å²) in [4.78, 5) is 17.0. The van der Waals surface area contributed by atoms with Crippen LogP contribution >= 0.6 is 0 Å². The zero-order chi connectivity index (χ0) is 29.0. The minimum Gasteiger partial charge on any atom is -0.405 e. The van der Waals surface area contributed by atoms with Crippen LogP contribution < -0.4 is 20.4 Å².